The van der Waals surface area contributed by atoms with Gasteiger partial charge in [-0.25, -0.2) is 0 Å². The number of hydrogen-bond donors (Lipinski definition) is 2. The number of piperazine rings is 1. The van der Waals surface area contributed by atoms with Crippen molar-refractivity contribution in [3.63, 3.8) is 0 Å². The van der Waals surface area contributed by atoms with Crippen molar-refractivity contribution < 1.29 is 14.6 Å². The minimum absolute atomic E-state index is 0.00456. The quantitative estimate of drug-likeness (QED) is 0.778. The predicted octanol–water partition coefficient (Wildman–Crippen LogP) is 2.40. The summed E-state index contributed by atoms with van der Waals surface area (Å²) in [7, 11) is 0. The molecular formula is C21H24ClN3O3. The molecule has 2 aromatic rings. The van der Waals surface area contributed by atoms with Crippen molar-refractivity contribution in [1.82, 2.24) is 4.90 Å². The molecule has 0 spiro atoms. The fourth-order valence-electron chi connectivity index (χ4n) is 3.67. The van der Waals surface area contributed by atoms with Crippen LogP contribution >= 0.6 is 11.6 Å². The third-order valence-corrected chi connectivity index (χ3v) is 5.43. The first-order valence-corrected chi connectivity index (χ1v) is 9.91. The van der Waals surface area contributed by atoms with Gasteiger partial charge in [0, 0.05) is 55.2 Å². The van der Waals surface area contributed by atoms with Crippen molar-refractivity contribution in [2.75, 3.05) is 49.5 Å². The van der Waals surface area contributed by atoms with Gasteiger partial charge in [-0.15, -0.1) is 0 Å². The first-order valence-electron chi connectivity index (χ1n) is 9.53. The summed E-state index contributed by atoms with van der Waals surface area (Å²) in [5.41, 5.74) is 2.96. The Hall–Kier alpha value is -2.28. The summed E-state index contributed by atoms with van der Waals surface area (Å²) < 4.78 is 5.72. The largest absolute Gasteiger partial charge is 0.491 e. The highest BCUT2D eigenvalue weighted by atomic mass is 35.5. The van der Waals surface area contributed by atoms with Crippen LogP contribution in [-0.4, -0.2) is 61.3 Å². The smallest absolute Gasteiger partial charge is 0.228 e. The maximum Gasteiger partial charge on any atom is 0.228 e. The highest BCUT2D eigenvalue weighted by Gasteiger charge is 2.21. The second-order valence-electron chi connectivity index (χ2n) is 7.27. The first-order chi connectivity index (χ1) is 13.6. The number of amides is 1. The van der Waals surface area contributed by atoms with Gasteiger partial charge in [0.15, 0.2) is 0 Å². The van der Waals surface area contributed by atoms with E-state index in [1.165, 1.54) is 5.69 Å². The molecule has 7 heteroatoms. The van der Waals surface area contributed by atoms with Crippen LogP contribution in [0.5, 0.6) is 5.75 Å². The van der Waals surface area contributed by atoms with E-state index in [1.807, 2.05) is 42.5 Å². The minimum atomic E-state index is -0.565. The monoisotopic (exact) mass is 401 g/mol. The molecule has 0 unspecified atom stereocenters. The number of carbonyl (C=O) groups excluding carboxylic acids is 1. The second-order valence-corrected chi connectivity index (χ2v) is 7.71. The maximum absolute atomic E-state index is 11.4. The minimum Gasteiger partial charge on any atom is -0.491 e. The zero-order valence-electron chi connectivity index (χ0n) is 15.6. The Morgan fingerprint density at radius 3 is 2.61 bits per heavy atom. The number of halogens is 1. The molecule has 2 heterocycles. The molecule has 28 heavy (non-hydrogen) atoms. The van der Waals surface area contributed by atoms with Crippen molar-refractivity contribution in [1.29, 1.82) is 0 Å². The van der Waals surface area contributed by atoms with Crippen molar-refractivity contribution in [3.05, 3.63) is 53.1 Å². The zero-order valence-corrected chi connectivity index (χ0v) is 16.4. The van der Waals surface area contributed by atoms with E-state index in [-0.39, 0.29) is 12.5 Å². The van der Waals surface area contributed by atoms with Crippen molar-refractivity contribution >= 4 is 28.9 Å². The van der Waals surface area contributed by atoms with E-state index < -0.39 is 6.10 Å². The third kappa shape index (κ3) is 4.58. The molecule has 1 fully saturated rings. The number of ether oxygens (including phenoxy) is 1. The number of rotatable bonds is 6. The Morgan fingerprint density at radius 1 is 1.11 bits per heavy atom. The summed E-state index contributed by atoms with van der Waals surface area (Å²) in [6, 6.07) is 13.5. The number of β-amino-alcohol motifs (C(OH)–C–C–N with tert-alkyl or cyclic N) is 1. The normalized spacial score (nSPS) is 17.9. The van der Waals surface area contributed by atoms with Crippen LogP contribution in [0.25, 0.3) is 0 Å². The average Bonchev–Trinajstić information content (AvgIpc) is 3.07. The molecule has 1 amide bonds. The summed E-state index contributed by atoms with van der Waals surface area (Å²) in [4.78, 5) is 16.0. The van der Waals surface area contributed by atoms with Gasteiger partial charge >= 0.3 is 0 Å². The van der Waals surface area contributed by atoms with Crippen LogP contribution in [-0.2, 0) is 11.2 Å². The number of fused-ring (bicyclic) bond motifs is 1. The van der Waals surface area contributed by atoms with Crippen LogP contribution in [0.3, 0.4) is 0 Å². The lowest BCUT2D eigenvalue weighted by molar-refractivity contribution is -0.115. The molecule has 6 nitrogen and oxygen atoms in total. The van der Waals surface area contributed by atoms with E-state index in [4.69, 9.17) is 16.3 Å². The summed E-state index contributed by atoms with van der Waals surface area (Å²) in [6.07, 6.45) is -0.148. The molecular weight excluding hydrogens is 378 g/mol. The Kier molecular flexibility index (Phi) is 5.71. The predicted molar refractivity (Wildman–Crippen MR) is 110 cm³/mol. The summed E-state index contributed by atoms with van der Waals surface area (Å²) >= 11 is 5.95. The van der Waals surface area contributed by atoms with Crippen LogP contribution < -0.4 is 15.0 Å². The molecule has 148 valence electrons. The van der Waals surface area contributed by atoms with E-state index in [0.29, 0.717) is 18.7 Å². The van der Waals surface area contributed by atoms with E-state index in [2.05, 4.69) is 15.1 Å². The van der Waals surface area contributed by atoms with Gasteiger partial charge in [0.25, 0.3) is 0 Å². The van der Waals surface area contributed by atoms with Gasteiger partial charge in [-0.05, 0) is 35.9 Å². The van der Waals surface area contributed by atoms with E-state index in [0.717, 1.165) is 42.5 Å². The molecule has 2 N–H and O–H groups in total. The van der Waals surface area contributed by atoms with Crippen molar-refractivity contribution in [2.24, 2.45) is 0 Å². The molecule has 1 saturated heterocycles. The van der Waals surface area contributed by atoms with Crippen LogP contribution in [0.1, 0.15) is 5.56 Å². The highest BCUT2D eigenvalue weighted by molar-refractivity contribution is 6.30. The molecule has 4 rings (SSSR count). The maximum atomic E-state index is 11.4. The van der Waals surface area contributed by atoms with Crippen LogP contribution in [0.15, 0.2) is 42.5 Å². The SMILES string of the molecule is O=C1Cc2ccc(OC[C@@H](O)CN3CCN(c4ccc(Cl)cc4)CC3)cc2N1. The van der Waals surface area contributed by atoms with Crippen molar-refractivity contribution in [3.8, 4) is 5.75 Å². The van der Waals surface area contributed by atoms with E-state index in [9.17, 15) is 9.90 Å². The average molecular weight is 402 g/mol. The number of aliphatic hydroxyl groups is 1. The summed E-state index contributed by atoms with van der Waals surface area (Å²) in [5, 5.41) is 13.9. The number of benzene rings is 2. The molecule has 0 aliphatic carbocycles. The third-order valence-electron chi connectivity index (χ3n) is 5.18. The Bertz CT molecular complexity index is 835. The van der Waals surface area contributed by atoms with Crippen molar-refractivity contribution in [2.45, 2.75) is 12.5 Å². The molecule has 0 bridgehead atoms. The molecule has 2 aliphatic heterocycles. The van der Waals surface area contributed by atoms with Crippen LogP contribution in [0.4, 0.5) is 11.4 Å². The molecule has 2 aromatic carbocycles. The van der Waals surface area contributed by atoms with Gasteiger partial charge in [-0.3, -0.25) is 9.69 Å². The van der Waals surface area contributed by atoms with Gasteiger partial charge in [-0.1, -0.05) is 17.7 Å². The Labute approximate surface area is 169 Å². The Morgan fingerprint density at radius 2 is 1.86 bits per heavy atom. The number of anilines is 2. The molecule has 2 aliphatic rings. The van der Waals surface area contributed by atoms with Crippen LogP contribution in [0, 0.1) is 0 Å². The molecule has 0 aromatic heterocycles. The van der Waals surface area contributed by atoms with Gasteiger partial charge < -0.3 is 20.1 Å². The standard InChI is InChI=1S/C21H24ClN3O3/c22-16-2-4-17(5-3-16)25-9-7-24(8-10-25)13-18(26)14-28-19-6-1-15-11-21(27)23-20(15)12-19/h1-6,12,18,26H,7-11,13-14H2,(H,23,27)/t18-/m0/s1. The number of aliphatic hydroxyl groups excluding tert-OH is 1. The van der Waals surface area contributed by atoms with Gasteiger partial charge in [0.2, 0.25) is 5.91 Å². The van der Waals surface area contributed by atoms with Gasteiger partial charge in [-0.2, -0.15) is 0 Å². The lowest BCUT2D eigenvalue weighted by atomic mass is 10.1. The molecule has 0 radical (unpaired) electrons. The summed E-state index contributed by atoms with van der Waals surface area (Å²) in [6.45, 7) is 4.43. The fraction of sp³-hybridized carbons (Fsp3) is 0.381. The Balaban J connectivity index is 1.22. The number of carbonyl (C=O) groups is 1. The first kappa shape index (κ1) is 19.1. The molecule has 0 saturated carbocycles. The topological polar surface area (TPSA) is 65.0 Å². The number of hydrogen-bond acceptors (Lipinski definition) is 5. The van der Waals surface area contributed by atoms with Crippen LogP contribution in [0.2, 0.25) is 5.02 Å². The summed E-state index contributed by atoms with van der Waals surface area (Å²) in [5.74, 6) is 0.664. The fourth-order valence-corrected chi connectivity index (χ4v) is 3.79. The number of nitrogens with one attached hydrogen (secondary N) is 1. The van der Waals surface area contributed by atoms with Gasteiger partial charge in [0.1, 0.15) is 18.5 Å². The highest BCUT2D eigenvalue weighted by Crippen LogP contribution is 2.27. The number of nitrogens with zero attached hydrogens (tertiary/aromatic N) is 2. The zero-order chi connectivity index (χ0) is 19.5. The van der Waals surface area contributed by atoms with E-state index in [1.54, 1.807) is 0 Å². The van der Waals surface area contributed by atoms with Gasteiger partial charge in [0.05, 0.1) is 6.42 Å². The van der Waals surface area contributed by atoms with E-state index >= 15 is 0 Å². The molecule has 1 atom stereocenters. The second kappa shape index (κ2) is 8.39. The lowest BCUT2D eigenvalue weighted by Crippen LogP contribution is -2.49. The lowest BCUT2D eigenvalue weighted by Gasteiger charge is -2.36.